The Bertz CT molecular complexity index is 766. The fourth-order valence-corrected chi connectivity index (χ4v) is 2.63. The van der Waals surface area contributed by atoms with Crippen molar-refractivity contribution in [3.8, 4) is 0 Å². The molecule has 1 aliphatic rings. The highest BCUT2D eigenvalue weighted by Crippen LogP contribution is 2.38. The first-order valence-electron chi connectivity index (χ1n) is 7.66. The lowest BCUT2D eigenvalue weighted by molar-refractivity contribution is -0.124. The molecule has 2 aromatic rings. The van der Waals surface area contributed by atoms with Crippen LogP contribution in [0.1, 0.15) is 43.0 Å². The van der Waals surface area contributed by atoms with Crippen molar-refractivity contribution in [2.45, 2.75) is 38.3 Å². The van der Waals surface area contributed by atoms with E-state index >= 15 is 0 Å². The molecule has 1 N–H and O–H groups in total. The highest BCUT2D eigenvalue weighted by Gasteiger charge is 2.27. The van der Waals surface area contributed by atoms with E-state index in [1.807, 2.05) is 24.3 Å². The Kier molecular flexibility index (Phi) is 4.61. The first-order valence-corrected chi connectivity index (χ1v) is 8.46. The summed E-state index contributed by atoms with van der Waals surface area (Å²) in [6, 6.07) is 10.4. The standard InChI is InChI=1S/C17H18BrN3O2/c1-11(17(23)19-10-12-2-6-14(18)7-3-12)21-16(22)9-8-15(20-21)13-4-5-13/h2-3,6-9,11,13H,4-5,10H2,1H3,(H,19,23). The Balaban J connectivity index is 1.68. The molecule has 1 fully saturated rings. The number of amides is 1. The molecule has 1 unspecified atom stereocenters. The largest absolute Gasteiger partial charge is 0.350 e. The van der Waals surface area contributed by atoms with Gasteiger partial charge in [0.05, 0.1) is 5.69 Å². The molecule has 0 radical (unpaired) electrons. The summed E-state index contributed by atoms with van der Waals surface area (Å²) in [7, 11) is 0. The van der Waals surface area contributed by atoms with E-state index in [2.05, 4.69) is 26.3 Å². The number of nitrogens with one attached hydrogen (secondary N) is 1. The minimum Gasteiger partial charge on any atom is -0.350 e. The summed E-state index contributed by atoms with van der Waals surface area (Å²) in [5.74, 6) is 0.232. The van der Waals surface area contributed by atoms with Crippen molar-refractivity contribution >= 4 is 21.8 Å². The quantitative estimate of drug-likeness (QED) is 0.873. The number of carbonyl (C=O) groups excluding carboxylic acids is 1. The van der Waals surface area contributed by atoms with Crippen molar-refractivity contribution in [3.63, 3.8) is 0 Å². The molecule has 5 nitrogen and oxygen atoms in total. The van der Waals surface area contributed by atoms with Crippen molar-refractivity contribution in [2.75, 3.05) is 0 Å². The minimum absolute atomic E-state index is 0.213. The summed E-state index contributed by atoms with van der Waals surface area (Å²) in [5.41, 5.74) is 1.65. The SMILES string of the molecule is CC(C(=O)NCc1ccc(Br)cc1)n1nc(C2CC2)ccc1=O. The highest BCUT2D eigenvalue weighted by molar-refractivity contribution is 9.10. The molecule has 0 bridgehead atoms. The van der Waals surface area contributed by atoms with Gasteiger partial charge in [-0.3, -0.25) is 9.59 Å². The third-order valence-electron chi connectivity index (χ3n) is 3.97. The Morgan fingerprint density at radius 2 is 2.00 bits per heavy atom. The molecule has 1 saturated carbocycles. The number of rotatable bonds is 5. The van der Waals surface area contributed by atoms with Crippen LogP contribution in [0.3, 0.4) is 0 Å². The molecule has 23 heavy (non-hydrogen) atoms. The van der Waals surface area contributed by atoms with Crippen molar-refractivity contribution in [1.82, 2.24) is 15.1 Å². The number of carbonyl (C=O) groups is 1. The number of hydrogen-bond donors (Lipinski definition) is 1. The lowest BCUT2D eigenvalue weighted by Crippen LogP contribution is -2.37. The minimum atomic E-state index is -0.628. The molecule has 1 atom stereocenters. The molecule has 0 saturated heterocycles. The summed E-state index contributed by atoms with van der Waals surface area (Å²) < 4.78 is 2.28. The summed E-state index contributed by atoms with van der Waals surface area (Å²) in [5, 5.41) is 7.21. The van der Waals surface area contributed by atoms with Crippen LogP contribution >= 0.6 is 15.9 Å². The van der Waals surface area contributed by atoms with Crippen LogP contribution in [0.25, 0.3) is 0 Å². The molecule has 1 amide bonds. The Hall–Kier alpha value is -1.95. The highest BCUT2D eigenvalue weighted by atomic mass is 79.9. The van der Waals surface area contributed by atoms with E-state index < -0.39 is 6.04 Å². The molecular weight excluding hydrogens is 358 g/mol. The second-order valence-electron chi connectivity index (χ2n) is 5.84. The van der Waals surface area contributed by atoms with E-state index in [1.54, 1.807) is 13.0 Å². The van der Waals surface area contributed by atoms with Crippen LogP contribution in [0.4, 0.5) is 0 Å². The van der Waals surface area contributed by atoms with Crippen molar-refractivity contribution in [2.24, 2.45) is 0 Å². The average molecular weight is 376 g/mol. The number of halogens is 1. The topological polar surface area (TPSA) is 64.0 Å². The van der Waals surface area contributed by atoms with E-state index in [0.717, 1.165) is 28.6 Å². The van der Waals surface area contributed by atoms with Gasteiger partial charge in [0.25, 0.3) is 5.56 Å². The summed E-state index contributed by atoms with van der Waals surface area (Å²) in [6.07, 6.45) is 2.21. The van der Waals surface area contributed by atoms with Crippen LogP contribution in [0.2, 0.25) is 0 Å². The van der Waals surface area contributed by atoms with Gasteiger partial charge in [-0.1, -0.05) is 28.1 Å². The van der Waals surface area contributed by atoms with Gasteiger partial charge in [-0.2, -0.15) is 5.10 Å². The van der Waals surface area contributed by atoms with Crippen molar-refractivity contribution in [3.05, 3.63) is 62.5 Å². The molecule has 120 valence electrons. The lowest BCUT2D eigenvalue weighted by atomic mass is 10.2. The summed E-state index contributed by atoms with van der Waals surface area (Å²) in [6.45, 7) is 2.12. The van der Waals surface area contributed by atoms with Crippen LogP contribution < -0.4 is 10.9 Å². The van der Waals surface area contributed by atoms with Gasteiger partial charge in [-0.05, 0) is 43.5 Å². The van der Waals surface area contributed by atoms with Crippen LogP contribution in [0, 0.1) is 0 Å². The molecule has 6 heteroatoms. The van der Waals surface area contributed by atoms with Crippen LogP contribution in [-0.4, -0.2) is 15.7 Å². The van der Waals surface area contributed by atoms with E-state index in [1.165, 1.54) is 10.7 Å². The first kappa shape index (κ1) is 15.9. The van der Waals surface area contributed by atoms with E-state index in [-0.39, 0.29) is 11.5 Å². The Morgan fingerprint density at radius 1 is 1.30 bits per heavy atom. The predicted molar refractivity (Wildman–Crippen MR) is 91.2 cm³/mol. The summed E-state index contributed by atoms with van der Waals surface area (Å²) in [4.78, 5) is 24.3. The monoisotopic (exact) mass is 375 g/mol. The fourth-order valence-electron chi connectivity index (χ4n) is 2.36. The molecule has 1 aromatic carbocycles. The second kappa shape index (κ2) is 6.66. The van der Waals surface area contributed by atoms with Crippen LogP contribution in [0.5, 0.6) is 0 Å². The van der Waals surface area contributed by atoms with E-state index in [0.29, 0.717) is 12.5 Å². The van der Waals surface area contributed by atoms with Gasteiger partial charge >= 0.3 is 0 Å². The maximum Gasteiger partial charge on any atom is 0.267 e. The molecule has 3 rings (SSSR count). The molecular formula is C17H18BrN3O2. The number of benzene rings is 1. The van der Waals surface area contributed by atoms with Gasteiger partial charge in [0.15, 0.2) is 0 Å². The summed E-state index contributed by atoms with van der Waals surface area (Å²) >= 11 is 3.38. The zero-order valence-corrected chi connectivity index (χ0v) is 14.4. The normalized spacial score (nSPS) is 15.2. The van der Waals surface area contributed by atoms with Crippen LogP contribution in [-0.2, 0) is 11.3 Å². The zero-order chi connectivity index (χ0) is 16.4. The Labute approximate surface area is 142 Å². The van der Waals surface area contributed by atoms with Gasteiger partial charge in [-0.25, -0.2) is 4.68 Å². The predicted octanol–water partition coefficient (Wildman–Crippen LogP) is 2.76. The number of nitrogens with zero attached hydrogens (tertiary/aromatic N) is 2. The molecule has 0 spiro atoms. The third kappa shape index (κ3) is 3.88. The van der Waals surface area contributed by atoms with Gasteiger partial charge in [0.1, 0.15) is 6.04 Å². The first-order chi connectivity index (χ1) is 11.0. The van der Waals surface area contributed by atoms with Gasteiger partial charge in [0, 0.05) is 23.0 Å². The molecule has 1 aliphatic carbocycles. The van der Waals surface area contributed by atoms with Crippen molar-refractivity contribution in [1.29, 1.82) is 0 Å². The Morgan fingerprint density at radius 3 is 2.65 bits per heavy atom. The molecule has 1 aromatic heterocycles. The second-order valence-corrected chi connectivity index (χ2v) is 6.75. The smallest absolute Gasteiger partial charge is 0.267 e. The fraction of sp³-hybridized carbons (Fsp3) is 0.353. The van der Waals surface area contributed by atoms with Gasteiger partial charge in [-0.15, -0.1) is 0 Å². The average Bonchev–Trinajstić information content (AvgIpc) is 3.39. The zero-order valence-electron chi connectivity index (χ0n) is 12.8. The van der Waals surface area contributed by atoms with E-state index in [4.69, 9.17) is 0 Å². The third-order valence-corrected chi connectivity index (χ3v) is 4.50. The number of hydrogen-bond acceptors (Lipinski definition) is 3. The maximum atomic E-state index is 12.3. The van der Waals surface area contributed by atoms with Gasteiger partial charge in [0.2, 0.25) is 5.91 Å². The van der Waals surface area contributed by atoms with Crippen LogP contribution in [0.15, 0.2) is 45.7 Å². The maximum absolute atomic E-state index is 12.3. The number of aromatic nitrogens is 2. The molecule has 1 heterocycles. The van der Waals surface area contributed by atoms with Crippen molar-refractivity contribution < 1.29 is 4.79 Å². The van der Waals surface area contributed by atoms with E-state index in [9.17, 15) is 9.59 Å². The lowest BCUT2D eigenvalue weighted by Gasteiger charge is -2.15. The molecule has 0 aliphatic heterocycles. The van der Waals surface area contributed by atoms with Gasteiger partial charge < -0.3 is 5.32 Å².